The van der Waals surface area contributed by atoms with Gasteiger partial charge in [0, 0.05) is 18.8 Å². The van der Waals surface area contributed by atoms with Crippen LogP contribution in [0.25, 0.3) is 0 Å². The number of sulfonamides is 1. The first-order valence-electron chi connectivity index (χ1n) is 10.5. The quantitative estimate of drug-likeness (QED) is 0.298. The maximum atomic E-state index is 13.0. The van der Waals surface area contributed by atoms with Gasteiger partial charge in [0.15, 0.2) is 4.34 Å². The van der Waals surface area contributed by atoms with Crippen molar-refractivity contribution in [3.05, 3.63) is 69.7 Å². The smallest absolute Gasteiger partial charge is 0.230 e. The number of hydrogen-bond acceptors (Lipinski definition) is 7. The van der Waals surface area contributed by atoms with Crippen LogP contribution in [0.15, 0.2) is 52.9 Å². The number of amides is 1. The number of aromatic nitrogens is 2. The van der Waals surface area contributed by atoms with Gasteiger partial charge in [0.2, 0.25) is 21.1 Å². The lowest BCUT2D eigenvalue weighted by Gasteiger charge is -2.31. The summed E-state index contributed by atoms with van der Waals surface area (Å²) in [5.74, 6) is -0.138. The van der Waals surface area contributed by atoms with E-state index in [4.69, 9.17) is 23.2 Å². The zero-order chi connectivity index (χ0) is 24.1. The van der Waals surface area contributed by atoms with Gasteiger partial charge < -0.3 is 5.32 Å². The lowest BCUT2D eigenvalue weighted by Crippen LogP contribution is -2.44. The van der Waals surface area contributed by atoms with E-state index in [0.717, 1.165) is 10.1 Å². The molecule has 7 nitrogen and oxygen atoms in total. The molecule has 180 valence electrons. The minimum Gasteiger partial charge on any atom is -0.300 e. The summed E-state index contributed by atoms with van der Waals surface area (Å²) >= 11 is 14.8. The Morgan fingerprint density at radius 1 is 1.12 bits per heavy atom. The molecule has 2 heterocycles. The first-order chi connectivity index (χ1) is 16.3. The summed E-state index contributed by atoms with van der Waals surface area (Å²) in [6.07, 6.45) is 1.21. The van der Waals surface area contributed by atoms with Gasteiger partial charge >= 0.3 is 0 Å². The average molecular weight is 558 g/mol. The van der Waals surface area contributed by atoms with E-state index < -0.39 is 15.9 Å². The second kappa shape index (κ2) is 11.4. The first kappa shape index (κ1) is 25.4. The number of benzene rings is 2. The van der Waals surface area contributed by atoms with Gasteiger partial charge in [-0.25, -0.2) is 12.7 Å². The molecule has 1 N–H and O–H groups in total. The molecule has 0 bridgehead atoms. The van der Waals surface area contributed by atoms with Crippen molar-refractivity contribution in [3.63, 3.8) is 0 Å². The number of anilines is 1. The molecule has 1 atom stereocenters. The molecule has 4 rings (SSSR count). The van der Waals surface area contributed by atoms with Gasteiger partial charge in [0.1, 0.15) is 0 Å². The van der Waals surface area contributed by atoms with Crippen LogP contribution in [0.1, 0.15) is 24.0 Å². The van der Waals surface area contributed by atoms with Crippen LogP contribution < -0.4 is 5.32 Å². The number of thioether (sulfide) groups is 1. The van der Waals surface area contributed by atoms with Gasteiger partial charge in [-0.2, -0.15) is 0 Å². The Balaban J connectivity index is 1.33. The Morgan fingerprint density at radius 3 is 2.68 bits per heavy atom. The van der Waals surface area contributed by atoms with E-state index in [-0.39, 0.29) is 18.2 Å². The van der Waals surface area contributed by atoms with Gasteiger partial charge in [0.05, 0.1) is 21.7 Å². The van der Waals surface area contributed by atoms with Crippen molar-refractivity contribution in [3.8, 4) is 0 Å². The Bertz CT molecular complexity index is 1260. The molecule has 1 aliphatic rings. The molecule has 0 spiro atoms. The largest absolute Gasteiger partial charge is 0.300 e. The number of halogens is 2. The summed E-state index contributed by atoms with van der Waals surface area (Å²) in [6.45, 7) is 0.510. The highest BCUT2D eigenvalue weighted by Crippen LogP contribution is 2.30. The van der Waals surface area contributed by atoms with E-state index in [1.165, 1.54) is 21.2 Å². The summed E-state index contributed by atoms with van der Waals surface area (Å²) in [5.41, 5.74) is 1.73. The molecule has 2 aromatic carbocycles. The number of piperidine rings is 1. The molecule has 1 fully saturated rings. The Labute approximate surface area is 216 Å². The molecule has 0 aliphatic carbocycles. The standard InChI is InChI=1S/C22H22Cl2N4O3S3/c23-18-9-8-16(11-19(18)24)14-34(30,31)28-10-4-7-17(12-28)20(29)25-21-26-27-22(33-21)32-13-15-5-2-1-3-6-15/h1-3,5-6,8-9,11,17H,4,7,10,12-14H2,(H,25,26,29)/t17-/m0/s1. The maximum Gasteiger partial charge on any atom is 0.230 e. The van der Waals surface area contributed by atoms with Gasteiger partial charge in [-0.3, -0.25) is 4.79 Å². The summed E-state index contributed by atoms with van der Waals surface area (Å²) in [5, 5.41) is 12.1. The molecule has 1 aromatic heterocycles. The van der Waals surface area contributed by atoms with Crippen LogP contribution in [-0.2, 0) is 26.3 Å². The third-order valence-corrected chi connectivity index (χ3v) is 9.92. The summed E-state index contributed by atoms with van der Waals surface area (Å²) in [6, 6.07) is 14.8. The van der Waals surface area contributed by atoms with E-state index in [0.29, 0.717) is 40.1 Å². The molecule has 1 aliphatic heterocycles. The number of rotatable bonds is 8. The molecule has 0 radical (unpaired) electrons. The van der Waals surface area contributed by atoms with Gasteiger partial charge in [-0.1, -0.05) is 82.7 Å². The minimum absolute atomic E-state index is 0.129. The fourth-order valence-corrected chi connectivity index (χ4v) is 7.21. The molecule has 3 aromatic rings. The lowest BCUT2D eigenvalue weighted by molar-refractivity contribution is -0.120. The normalized spacial score (nSPS) is 16.9. The van der Waals surface area contributed by atoms with Crippen LogP contribution in [0.3, 0.4) is 0 Å². The van der Waals surface area contributed by atoms with Crippen LogP contribution in [-0.4, -0.2) is 41.9 Å². The summed E-state index contributed by atoms with van der Waals surface area (Å²) in [4.78, 5) is 12.8. The van der Waals surface area contributed by atoms with E-state index in [9.17, 15) is 13.2 Å². The van der Waals surface area contributed by atoms with Crippen LogP contribution in [0, 0.1) is 5.92 Å². The highest BCUT2D eigenvalue weighted by Gasteiger charge is 2.33. The van der Waals surface area contributed by atoms with Crippen molar-refractivity contribution < 1.29 is 13.2 Å². The lowest BCUT2D eigenvalue weighted by atomic mass is 9.99. The SMILES string of the molecule is O=C(Nc1nnc(SCc2ccccc2)s1)[C@H]1CCCN(S(=O)(=O)Cc2ccc(Cl)c(Cl)c2)C1. The predicted molar refractivity (Wildman–Crippen MR) is 138 cm³/mol. The van der Waals surface area contributed by atoms with Gasteiger partial charge in [-0.05, 0) is 36.1 Å². The van der Waals surface area contributed by atoms with Crippen molar-refractivity contribution in [2.75, 3.05) is 18.4 Å². The molecular formula is C22H22Cl2N4O3S3. The first-order valence-corrected chi connectivity index (χ1v) is 14.7. The number of carbonyl (C=O) groups excluding carboxylic acids is 1. The van der Waals surface area contributed by atoms with Crippen LogP contribution in [0.5, 0.6) is 0 Å². The van der Waals surface area contributed by atoms with E-state index in [1.807, 2.05) is 30.3 Å². The summed E-state index contributed by atoms with van der Waals surface area (Å²) < 4.78 is 28.1. The Kier molecular flexibility index (Phi) is 8.49. The molecule has 1 saturated heterocycles. The van der Waals surface area contributed by atoms with E-state index >= 15 is 0 Å². The molecular weight excluding hydrogens is 535 g/mol. The number of carbonyl (C=O) groups is 1. The van der Waals surface area contributed by atoms with Crippen molar-refractivity contribution in [1.29, 1.82) is 0 Å². The van der Waals surface area contributed by atoms with E-state index in [2.05, 4.69) is 15.5 Å². The van der Waals surface area contributed by atoms with Crippen LogP contribution in [0.4, 0.5) is 5.13 Å². The minimum atomic E-state index is -3.61. The molecule has 1 amide bonds. The second-order valence-electron chi connectivity index (χ2n) is 7.84. The van der Waals surface area contributed by atoms with Crippen LogP contribution in [0.2, 0.25) is 10.0 Å². The monoisotopic (exact) mass is 556 g/mol. The van der Waals surface area contributed by atoms with Crippen LogP contribution >= 0.6 is 46.3 Å². The zero-order valence-electron chi connectivity index (χ0n) is 18.0. The predicted octanol–water partition coefficient (Wildman–Crippen LogP) is 5.32. The molecule has 0 saturated carbocycles. The molecule has 0 unspecified atom stereocenters. The number of hydrogen-bond donors (Lipinski definition) is 1. The van der Waals surface area contributed by atoms with Gasteiger partial charge in [-0.15, -0.1) is 10.2 Å². The van der Waals surface area contributed by atoms with Crippen molar-refractivity contribution in [1.82, 2.24) is 14.5 Å². The molecule has 12 heteroatoms. The van der Waals surface area contributed by atoms with Gasteiger partial charge in [0.25, 0.3) is 0 Å². The molecule has 34 heavy (non-hydrogen) atoms. The highest BCUT2D eigenvalue weighted by molar-refractivity contribution is 8.00. The maximum absolute atomic E-state index is 13.0. The van der Waals surface area contributed by atoms with Crippen molar-refractivity contribution in [2.24, 2.45) is 5.92 Å². The fraction of sp³-hybridized carbons (Fsp3) is 0.318. The Hall–Kier alpha value is -1.69. The fourth-order valence-electron chi connectivity index (χ4n) is 3.59. The van der Waals surface area contributed by atoms with Crippen molar-refractivity contribution in [2.45, 2.75) is 28.7 Å². The van der Waals surface area contributed by atoms with E-state index in [1.54, 1.807) is 30.0 Å². The zero-order valence-corrected chi connectivity index (χ0v) is 21.9. The second-order valence-corrected chi connectivity index (χ2v) is 12.8. The third-order valence-electron chi connectivity index (χ3n) is 5.32. The summed E-state index contributed by atoms with van der Waals surface area (Å²) in [7, 11) is -3.61. The number of nitrogens with zero attached hydrogens (tertiary/aromatic N) is 3. The number of nitrogens with one attached hydrogen (secondary N) is 1. The average Bonchev–Trinajstić information content (AvgIpc) is 3.28. The third kappa shape index (κ3) is 6.71. The highest BCUT2D eigenvalue weighted by atomic mass is 35.5. The Morgan fingerprint density at radius 2 is 1.91 bits per heavy atom. The topological polar surface area (TPSA) is 92.3 Å². The van der Waals surface area contributed by atoms with Crippen molar-refractivity contribution >= 4 is 67.4 Å².